The molecule has 2 heterocycles. The highest BCUT2D eigenvalue weighted by atomic mass is 16.5. The van der Waals surface area contributed by atoms with Gasteiger partial charge in [-0.3, -0.25) is 4.79 Å². The first kappa shape index (κ1) is 14.4. The lowest BCUT2D eigenvalue weighted by atomic mass is 9.96. The largest absolute Gasteiger partial charge is 0.497 e. The van der Waals surface area contributed by atoms with Crippen LogP contribution in [0.25, 0.3) is 11.6 Å². The lowest BCUT2D eigenvalue weighted by molar-refractivity contribution is -0.110. The summed E-state index contributed by atoms with van der Waals surface area (Å²) in [5.74, 6) is 1.50. The molecule has 0 saturated carbocycles. The van der Waals surface area contributed by atoms with Gasteiger partial charge in [0.05, 0.1) is 24.6 Å². The Morgan fingerprint density at radius 3 is 2.68 bits per heavy atom. The number of aromatic amines is 1. The highest BCUT2D eigenvalue weighted by Gasteiger charge is 2.25. The highest BCUT2D eigenvalue weighted by molar-refractivity contribution is 6.34. The fraction of sp³-hybridized carbons (Fsp3) is 0.294. The van der Waals surface area contributed by atoms with E-state index in [1.165, 1.54) is 0 Å². The predicted octanol–water partition coefficient (Wildman–Crippen LogP) is 3.21. The molecule has 0 unspecified atom stereocenters. The normalized spacial score (nSPS) is 15.8. The van der Waals surface area contributed by atoms with E-state index in [0.29, 0.717) is 5.57 Å². The minimum Gasteiger partial charge on any atom is -0.497 e. The van der Waals surface area contributed by atoms with Crippen LogP contribution in [-0.4, -0.2) is 23.0 Å². The van der Waals surface area contributed by atoms with Crippen molar-refractivity contribution >= 4 is 23.2 Å². The molecule has 1 aromatic heterocycles. The van der Waals surface area contributed by atoms with Crippen LogP contribution < -0.4 is 10.1 Å². The Morgan fingerprint density at radius 1 is 1.27 bits per heavy atom. The van der Waals surface area contributed by atoms with Crippen molar-refractivity contribution in [1.82, 2.24) is 9.97 Å². The van der Waals surface area contributed by atoms with Crippen LogP contribution in [-0.2, 0) is 10.2 Å². The molecule has 22 heavy (non-hydrogen) atoms. The van der Waals surface area contributed by atoms with E-state index < -0.39 is 0 Å². The fourth-order valence-electron chi connectivity index (χ4n) is 2.38. The molecule has 0 fully saturated rings. The molecule has 2 aromatic rings. The van der Waals surface area contributed by atoms with Gasteiger partial charge in [-0.15, -0.1) is 0 Å². The molecule has 0 aliphatic carbocycles. The molecule has 1 aliphatic heterocycles. The number of methoxy groups -OCH3 is 1. The van der Waals surface area contributed by atoms with Gasteiger partial charge in [0.25, 0.3) is 5.91 Å². The number of benzene rings is 1. The molecule has 1 amide bonds. The lowest BCUT2D eigenvalue weighted by Crippen LogP contribution is -2.13. The molecule has 0 atom stereocenters. The van der Waals surface area contributed by atoms with Crippen molar-refractivity contribution in [1.29, 1.82) is 0 Å². The Bertz CT molecular complexity index is 766. The molecule has 5 heteroatoms. The maximum Gasteiger partial charge on any atom is 0.256 e. The zero-order chi connectivity index (χ0) is 15.9. The van der Waals surface area contributed by atoms with Gasteiger partial charge in [-0.1, -0.05) is 20.8 Å². The average molecular weight is 297 g/mol. The van der Waals surface area contributed by atoms with E-state index in [-0.39, 0.29) is 11.3 Å². The Kier molecular flexibility index (Phi) is 3.28. The maximum atomic E-state index is 12.2. The topological polar surface area (TPSA) is 67.0 Å². The van der Waals surface area contributed by atoms with Crippen LogP contribution in [0.2, 0.25) is 0 Å². The predicted molar refractivity (Wildman–Crippen MR) is 86.8 cm³/mol. The minimum atomic E-state index is -0.116. The lowest BCUT2D eigenvalue weighted by Gasteiger charge is -2.13. The molecular weight excluding hydrogens is 278 g/mol. The SMILES string of the molecule is COc1ccc2c(c1)/C(=C/c1cnc(C(C)(C)C)[nH]1)C(=O)N2. The van der Waals surface area contributed by atoms with Crippen LogP contribution in [0.3, 0.4) is 0 Å². The molecule has 0 radical (unpaired) electrons. The Labute approximate surface area is 129 Å². The summed E-state index contributed by atoms with van der Waals surface area (Å²) in [4.78, 5) is 19.8. The van der Waals surface area contributed by atoms with Crippen molar-refractivity contribution in [3.63, 3.8) is 0 Å². The first-order valence-electron chi connectivity index (χ1n) is 7.15. The van der Waals surface area contributed by atoms with E-state index in [1.54, 1.807) is 13.3 Å². The van der Waals surface area contributed by atoms with Crippen molar-refractivity contribution in [2.45, 2.75) is 26.2 Å². The average Bonchev–Trinajstić information content (AvgIpc) is 3.04. The summed E-state index contributed by atoms with van der Waals surface area (Å²) in [7, 11) is 1.61. The van der Waals surface area contributed by atoms with Gasteiger partial charge in [-0.05, 0) is 24.3 Å². The molecule has 3 rings (SSSR count). The van der Waals surface area contributed by atoms with Crippen LogP contribution in [0.1, 0.15) is 37.9 Å². The molecule has 1 aromatic carbocycles. The van der Waals surface area contributed by atoms with Gasteiger partial charge >= 0.3 is 0 Å². The summed E-state index contributed by atoms with van der Waals surface area (Å²) in [6.07, 6.45) is 3.57. The Balaban J connectivity index is 2.02. The summed E-state index contributed by atoms with van der Waals surface area (Å²) < 4.78 is 5.24. The molecule has 0 spiro atoms. The quantitative estimate of drug-likeness (QED) is 0.836. The van der Waals surface area contributed by atoms with Gasteiger partial charge in [-0.2, -0.15) is 0 Å². The number of carbonyl (C=O) groups is 1. The zero-order valence-electron chi connectivity index (χ0n) is 13.2. The number of imidazole rings is 1. The number of ether oxygens (including phenoxy) is 1. The number of fused-ring (bicyclic) bond motifs is 1. The van der Waals surface area contributed by atoms with E-state index in [1.807, 2.05) is 24.3 Å². The molecule has 0 bridgehead atoms. The standard InChI is InChI=1S/C17H19N3O2/c1-17(2,3)16-18-9-10(19-16)7-13-12-8-11(22-4)5-6-14(12)20-15(13)21/h5-9H,1-4H3,(H,18,19)(H,20,21)/b13-7-. The molecular formula is C17H19N3O2. The number of hydrogen-bond donors (Lipinski definition) is 2. The molecule has 1 aliphatic rings. The van der Waals surface area contributed by atoms with Gasteiger partial charge in [-0.25, -0.2) is 4.98 Å². The minimum absolute atomic E-state index is 0.0597. The number of nitrogens with one attached hydrogen (secondary N) is 2. The molecule has 114 valence electrons. The molecule has 5 nitrogen and oxygen atoms in total. The summed E-state index contributed by atoms with van der Waals surface area (Å²) in [5.41, 5.74) is 3.00. The van der Waals surface area contributed by atoms with Crippen molar-refractivity contribution in [3.05, 3.63) is 41.5 Å². The monoisotopic (exact) mass is 297 g/mol. The summed E-state index contributed by atoms with van der Waals surface area (Å²) in [6, 6.07) is 5.54. The number of rotatable bonds is 2. The smallest absolute Gasteiger partial charge is 0.256 e. The Morgan fingerprint density at radius 2 is 2.05 bits per heavy atom. The van der Waals surface area contributed by atoms with Crippen LogP contribution in [0, 0.1) is 0 Å². The number of nitrogens with zero attached hydrogens (tertiary/aromatic N) is 1. The number of hydrogen-bond acceptors (Lipinski definition) is 3. The third-order valence-electron chi connectivity index (χ3n) is 3.62. The van der Waals surface area contributed by atoms with E-state index in [2.05, 4.69) is 36.1 Å². The second-order valence-corrected chi connectivity index (χ2v) is 6.36. The summed E-state index contributed by atoms with van der Waals surface area (Å²) >= 11 is 0. The van der Waals surface area contributed by atoms with Gasteiger partial charge in [0.2, 0.25) is 0 Å². The zero-order valence-corrected chi connectivity index (χ0v) is 13.2. The summed E-state index contributed by atoms with van der Waals surface area (Å²) in [5, 5.41) is 2.86. The van der Waals surface area contributed by atoms with Gasteiger partial charge < -0.3 is 15.0 Å². The van der Waals surface area contributed by atoms with Crippen molar-refractivity contribution in [3.8, 4) is 5.75 Å². The Hall–Kier alpha value is -2.56. The third kappa shape index (κ3) is 2.50. The van der Waals surface area contributed by atoms with Crippen molar-refractivity contribution in [2.75, 3.05) is 12.4 Å². The first-order chi connectivity index (χ1) is 10.4. The highest BCUT2D eigenvalue weighted by Crippen LogP contribution is 2.35. The van der Waals surface area contributed by atoms with Crippen molar-refractivity contribution < 1.29 is 9.53 Å². The van der Waals surface area contributed by atoms with Gasteiger partial charge in [0.1, 0.15) is 11.6 Å². The molecule has 0 saturated heterocycles. The number of amides is 1. The van der Waals surface area contributed by atoms with Crippen LogP contribution in [0.5, 0.6) is 5.75 Å². The van der Waals surface area contributed by atoms with E-state index in [4.69, 9.17) is 4.74 Å². The van der Waals surface area contributed by atoms with Crippen LogP contribution in [0.15, 0.2) is 24.4 Å². The second-order valence-electron chi connectivity index (χ2n) is 6.36. The fourth-order valence-corrected chi connectivity index (χ4v) is 2.38. The van der Waals surface area contributed by atoms with Gasteiger partial charge in [0.15, 0.2) is 0 Å². The molecule has 2 N–H and O–H groups in total. The van der Waals surface area contributed by atoms with E-state index in [9.17, 15) is 4.79 Å². The van der Waals surface area contributed by atoms with Gasteiger partial charge in [0, 0.05) is 16.7 Å². The number of carbonyl (C=O) groups excluding carboxylic acids is 1. The number of anilines is 1. The second kappa shape index (κ2) is 5.02. The number of aromatic nitrogens is 2. The van der Waals surface area contributed by atoms with E-state index in [0.717, 1.165) is 28.5 Å². The van der Waals surface area contributed by atoms with Crippen LogP contribution in [0.4, 0.5) is 5.69 Å². The first-order valence-corrected chi connectivity index (χ1v) is 7.15. The third-order valence-corrected chi connectivity index (χ3v) is 3.62. The maximum absolute atomic E-state index is 12.2. The van der Waals surface area contributed by atoms with E-state index >= 15 is 0 Å². The van der Waals surface area contributed by atoms with Crippen molar-refractivity contribution in [2.24, 2.45) is 0 Å². The summed E-state index contributed by atoms with van der Waals surface area (Å²) in [6.45, 7) is 6.27. The van der Waals surface area contributed by atoms with Crippen LogP contribution >= 0.6 is 0 Å². The number of H-pyrrole nitrogens is 1.